The van der Waals surface area contributed by atoms with E-state index in [-0.39, 0.29) is 29.6 Å². The maximum absolute atomic E-state index is 15.1. The van der Waals surface area contributed by atoms with Gasteiger partial charge in [-0.25, -0.2) is 8.78 Å². The van der Waals surface area contributed by atoms with Crippen LogP contribution in [0.25, 0.3) is 0 Å². The number of aliphatic carboxylic acids is 1. The highest BCUT2D eigenvalue weighted by molar-refractivity contribution is 6.30. The van der Waals surface area contributed by atoms with Crippen molar-refractivity contribution in [2.24, 2.45) is 0 Å². The topological polar surface area (TPSA) is 88.5 Å². The van der Waals surface area contributed by atoms with E-state index in [0.717, 1.165) is 30.0 Å². The van der Waals surface area contributed by atoms with Crippen molar-refractivity contribution in [1.29, 1.82) is 0 Å². The molecule has 1 atom stereocenters. The molecule has 0 aliphatic rings. The van der Waals surface area contributed by atoms with Crippen LogP contribution < -0.4 is 10.1 Å². The predicted octanol–water partition coefficient (Wildman–Crippen LogP) is 9.37. The zero-order valence-corrected chi connectivity index (χ0v) is 27.0. The van der Waals surface area contributed by atoms with Gasteiger partial charge in [-0.3, -0.25) is 14.6 Å². The van der Waals surface area contributed by atoms with Crippen LogP contribution in [0.4, 0.5) is 39.5 Å². The molecule has 1 unspecified atom stereocenters. The Morgan fingerprint density at radius 1 is 0.863 bits per heavy atom. The first-order valence-electron chi connectivity index (χ1n) is 15.2. The minimum absolute atomic E-state index is 0.0214. The summed E-state index contributed by atoms with van der Waals surface area (Å²) >= 11 is 6.04. The van der Waals surface area contributed by atoms with Gasteiger partial charge in [-0.05, 0) is 78.4 Å². The fourth-order valence-electron chi connectivity index (χ4n) is 5.28. The van der Waals surface area contributed by atoms with Crippen LogP contribution in [0, 0.1) is 11.6 Å². The summed E-state index contributed by atoms with van der Waals surface area (Å²) in [7, 11) is 0. The average molecular weight is 747 g/mol. The van der Waals surface area contributed by atoms with Gasteiger partial charge in [0.15, 0.2) is 0 Å². The largest absolute Gasteiger partial charge is 0.481 e. The molecule has 0 fully saturated rings. The maximum Gasteiger partial charge on any atom is 0.461 e. The highest BCUT2D eigenvalue weighted by Crippen LogP contribution is 2.38. The van der Waals surface area contributed by atoms with Crippen LogP contribution in [-0.4, -0.2) is 34.5 Å². The van der Waals surface area contributed by atoms with Gasteiger partial charge in [0.25, 0.3) is 5.91 Å². The van der Waals surface area contributed by atoms with Crippen molar-refractivity contribution in [3.8, 4) is 5.75 Å². The number of alkyl halides is 7. The minimum Gasteiger partial charge on any atom is -0.481 e. The lowest BCUT2D eigenvalue weighted by Gasteiger charge is -2.36. The Morgan fingerprint density at radius 2 is 1.55 bits per heavy atom. The summed E-state index contributed by atoms with van der Waals surface area (Å²) in [5, 5.41) is 11.4. The van der Waals surface area contributed by atoms with E-state index in [2.05, 4.69) is 15.0 Å². The summed E-state index contributed by atoms with van der Waals surface area (Å²) < 4.78 is 128. The number of carboxylic acid groups (broad SMARTS) is 1. The number of pyridine rings is 1. The third kappa shape index (κ3) is 10.1. The molecule has 0 aliphatic carbocycles. The third-order valence-corrected chi connectivity index (χ3v) is 7.97. The van der Waals surface area contributed by atoms with Gasteiger partial charge in [0.2, 0.25) is 0 Å². The monoisotopic (exact) mass is 746 g/mol. The molecule has 51 heavy (non-hydrogen) atoms. The first-order chi connectivity index (χ1) is 23.9. The number of aryl methyl sites for hydroxylation is 1. The first kappa shape index (κ1) is 39.0. The van der Waals surface area contributed by atoms with E-state index in [4.69, 9.17) is 16.7 Å². The molecule has 1 aromatic heterocycles. The Balaban J connectivity index is 1.85. The van der Waals surface area contributed by atoms with Gasteiger partial charge >= 0.3 is 24.7 Å². The van der Waals surface area contributed by atoms with Crippen LogP contribution in [0.5, 0.6) is 5.75 Å². The van der Waals surface area contributed by atoms with E-state index >= 15 is 4.39 Å². The lowest BCUT2D eigenvalue weighted by Crippen LogP contribution is -2.49. The van der Waals surface area contributed by atoms with E-state index in [0.29, 0.717) is 43.4 Å². The van der Waals surface area contributed by atoms with Gasteiger partial charge in [0.1, 0.15) is 22.9 Å². The normalized spacial score (nSPS) is 13.2. The number of nitrogens with zero attached hydrogens (tertiary/aromatic N) is 1. The molecule has 0 saturated heterocycles. The Kier molecular flexibility index (Phi) is 12.3. The Labute approximate surface area is 290 Å². The number of hydrogen-bond donors (Lipinski definition) is 2. The molecule has 0 spiro atoms. The standard InChI is InChI=1S/C35H28ClF9N2O4/c36-24-11-13-29(46-19-24)33(23-15-25(37)17-26(16-23)51-35(44,45)32(39)40,47-31(50)22-10-12-28(38)27(14-22)34(41,42)43)18-21-8-6-20(7-9-21)4-2-1-3-5-30(48)49/h6-17,19,32H,1-5,18H2,(H,47,50)(H,48,49). The smallest absolute Gasteiger partial charge is 0.461 e. The summed E-state index contributed by atoms with van der Waals surface area (Å²) in [5.41, 5.74) is -3.93. The Hall–Kier alpha value is -4.79. The van der Waals surface area contributed by atoms with Crippen molar-refractivity contribution in [3.63, 3.8) is 0 Å². The number of carbonyl (C=O) groups excluding carboxylic acids is 1. The van der Waals surface area contributed by atoms with Crippen LogP contribution in [0.2, 0.25) is 5.02 Å². The molecule has 3 aromatic carbocycles. The SMILES string of the molecule is O=C(O)CCCCCc1ccc(CC(NC(=O)c2ccc(F)c(C(F)(F)F)c2)(c2cc(F)cc(OC(F)(F)C(F)F)c2)c2ccc(Cl)cn2)cc1. The number of amides is 1. The van der Waals surface area contributed by atoms with Crippen molar-refractivity contribution >= 4 is 23.5 Å². The lowest BCUT2D eigenvalue weighted by molar-refractivity contribution is -0.253. The van der Waals surface area contributed by atoms with Gasteiger partial charge in [-0.2, -0.15) is 30.7 Å². The number of unbranched alkanes of at least 4 members (excludes halogenated alkanes) is 2. The van der Waals surface area contributed by atoms with E-state index in [9.17, 15) is 44.7 Å². The number of halogens is 10. The van der Waals surface area contributed by atoms with Crippen molar-refractivity contribution < 1.29 is 58.9 Å². The Bertz CT molecular complexity index is 1840. The second-order valence-electron chi connectivity index (χ2n) is 11.5. The van der Waals surface area contributed by atoms with Crippen LogP contribution in [0.15, 0.2) is 79.0 Å². The van der Waals surface area contributed by atoms with Gasteiger partial charge < -0.3 is 15.2 Å². The summed E-state index contributed by atoms with van der Waals surface area (Å²) in [6.07, 6.45) is -11.5. The fraction of sp³-hybridized carbons (Fsp3) is 0.286. The molecule has 0 bridgehead atoms. The van der Waals surface area contributed by atoms with E-state index in [1.807, 2.05) is 0 Å². The third-order valence-electron chi connectivity index (χ3n) is 7.75. The van der Waals surface area contributed by atoms with E-state index < -0.39 is 70.2 Å². The van der Waals surface area contributed by atoms with Crippen molar-refractivity contribution in [2.75, 3.05) is 0 Å². The van der Waals surface area contributed by atoms with Crippen LogP contribution in [0.1, 0.15) is 64.0 Å². The molecule has 0 saturated carbocycles. The van der Waals surface area contributed by atoms with Crippen molar-refractivity contribution in [1.82, 2.24) is 10.3 Å². The minimum atomic E-state index is -5.20. The number of carbonyl (C=O) groups is 2. The average Bonchev–Trinajstić information content (AvgIpc) is 3.04. The number of nitrogens with one attached hydrogen (secondary N) is 1. The number of ether oxygens (including phenoxy) is 1. The highest BCUT2D eigenvalue weighted by atomic mass is 35.5. The first-order valence-corrected chi connectivity index (χ1v) is 15.5. The van der Waals surface area contributed by atoms with Crippen LogP contribution in [-0.2, 0) is 29.4 Å². The molecule has 16 heteroatoms. The number of aromatic nitrogens is 1. The zero-order valence-electron chi connectivity index (χ0n) is 26.2. The fourth-order valence-corrected chi connectivity index (χ4v) is 5.39. The number of hydrogen-bond acceptors (Lipinski definition) is 4. The van der Waals surface area contributed by atoms with Gasteiger partial charge in [0, 0.05) is 30.7 Å². The van der Waals surface area contributed by atoms with Crippen LogP contribution in [0.3, 0.4) is 0 Å². The maximum atomic E-state index is 15.1. The molecule has 1 amide bonds. The molecule has 0 aliphatic heterocycles. The predicted molar refractivity (Wildman–Crippen MR) is 167 cm³/mol. The molecule has 1 heterocycles. The second-order valence-corrected chi connectivity index (χ2v) is 11.9. The number of benzene rings is 3. The van der Waals surface area contributed by atoms with E-state index in [1.54, 1.807) is 24.3 Å². The quantitative estimate of drug-likeness (QED) is 0.0936. The van der Waals surface area contributed by atoms with Gasteiger partial charge in [0.05, 0.1) is 16.3 Å². The number of carboxylic acids is 1. The molecular formula is C35H28ClF9N2O4. The highest BCUT2D eigenvalue weighted by Gasteiger charge is 2.45. The molecule has 4 aromatic rings. The van der Waals surface area contributed by atoms with Gasteiger partial charge in [-0.1, -0.05) is 42.3 Å². The summed E-state index contributed by atoms with van der Waals surface area (Å²) in [5.74, 6) is -6.20. The molecular weight excluding hydrogens is 719 g/mol. The van der Waals surface area contributed by atoms with Crippen molar-refractivity contribution in [2.45, 2.75) is 62.8 Å². The van der Waals surface area contributed by atoms with Gasteiger partial charge in [-0.15, -0.1) is 0 Å². The van der Waals surface area contributed by atoms with E-state index in [1.165, 1.54) is 12.1 Å². The molecule has 272 valence electrons. The summed E-state index contributed by atoms with van der Waals surface area (Å²) in [6.45, 7) is 0. The summed E-state index contributed by atoms with van der Waals surface area (Å²) in [6, 6.07) is 12.5. The Morgan fingerprint density at radius 3 is 2.16 bits per heavy atom. The molecule has 6 nitrogen and oxygen atoms in total. The molecule has 0 radical (unpaired) electrons. The zero-order chi connectivity index (χ0) is 37.6. The number of rotatable bonds is 15. The van der Waals surface area contributed by atoms with Crippen LogP contribution >= 0.6 is 11.6 Å². The second kappa shape index (κ2) is 16.0. The lowest BCUT2D eigenvalue weighted by atomic mass is 9.79. The summed E-state index contributed by atoms with van der Waals surface area (Å²) in [4.78, 5) is 28.8. The van der Waals surface area contributed by atoms with Crippen molar-refractivity contribution in [3.05, 3.63) is 129 Å². The molecule has 4 rings (SSSR count). The molecule has 2 N–H and O–H groups in total.